The van der Waals surface area contributed by atoms with Crippen LogP contribution in [0.4, 0.5) is 0 Å². The molecule has 4 rings (SSSR count). The Morgan fingerprint density at radius 1 is 1.33 bits per heavy atom. The summed E-state index contributed by atoms with van der Waals surface area (Å²) in [4.78, 5) is 19.0. The molecule has 0 bridgehead atoms. The van der Waals surface area contributed by atoms with Crippen molar-refractivity contribution < 1.29 is 14.6 Å². The zero-order valence-electron chi connectivity index (χ0n) is 13.8. The molecule has 1 saturated heterocycles. The Hall–Kier alpha value is -1.98. The summed E-state index contributed by atoms with van der Waals surface area (Å²) in [5, 5.41) is 11.2. The van der Waals surface area contributed by atoms with Crippen molar-refractivity contribution in [2.24, 2.45) is 5.41 Å². The third kappa shape index (κ3) is 2.31. The number of aliphatic hydroxyl groups is 1. The molecule has 126 valence electrons. The van der Waals surface area contributed by atoms with Crippen LogP contribution in [-0.2, 0) is 4.74 Å². The average molecular weight is 326 g/mol. The van der Waals surface area contributed by atoms with E-state index in [1.807, 2.05) is 35.2 Å². The van der Waals surface area contributed by atoms with Gasteiger partial charge in [0.1, 0.15) is 0 Å². The van der Waals surface area contributed by atoms with Crippen molar-refractivity contribution in [2.45, 2.75) is 31.5 Å². The minimum atomic E-state index is -0.300. The van der Waals surface area contributed by atoms with Crippen molar-refractivity contribution in [1.29, 1.82) is 0 Å². The van der Waals surface area contributed by atoms with Crippen molar-refractivity contribution in [1.82, 2.24) is 9.88 Å². The molecule has 0 radical (unpaired) electrons. The molecular weight excluding hydrogens is 304 g/mol. The smallest absolute Gasteiger partial charge is 0.253 e. The Morgan fingerprint density at radius 2 is 2.12 bits per heavy atom. The van der Waals surface area contributed by atoms with E-state index in [0.29, 0.717) is 25.1 Å². The van der Waals surface area contributed by atoms with Crippen LogP contribution < -0.4 is 0 Å². The molecule has 2 fully saturated rings. The van der Waals surface area contributed by atoms with Gasteiger partial charge in [-0.3, -0.25) is 9.78 Å². The number of benzene rings is 1. The van der Waals surface area contributed by atoms with E-state index in [0.717, 1.165) is 23.7 Å². The molecule has 1 amide bonds. The number of fused-ring (bicyclic) bond motifs is 1. The predicted molar refractivity (Wildman–Crippen MR) is 90.7 cm³/mol. The Morgan fingerprint density at radius 3 is 2.83 bits per heavy atom. The number of piperidine rings is 1. The number of carbonyl (C=O) groups is 1. The third-order valence-electron chi connectivity index (χ3n) is 5.86. The lowest BCUT2D eigenvalue weighted by Crippen LogP contribution is -2.62. The predicted octanol–water partition coefficient (Wildman–Crippen LogP) is 2.24. The molecule has 2 atom stereocenters. The van der Waals surface area contributed by atoms with E-state index >= 15 is 0 Å². The van der Waals surface area contributed by atoms with E-state index in [1.165, 1.54) is 0 Å². The Kier molecular flexibility index (Phi) is 3.77. The number of nitrogens with zero attached hydrogens (tertiary/aromatic N) is 2. The highest BCUT2D eigenvalue weighted by Crippen LogP contribution is 2.50. The molecule has 1 spiro atoms. The first-order valence-electron chi connectivity index (χ1n) is 8.49. The summed E-state index contributed by atoms with van der Waals surface area (Å²) in [6.45, 7) is 1.33. The molecule has 1 aromatic carbocycles. The van der Waals surface area contributed by atoms with Crippen molar-refractivity contribution in [3.8, 4) is 0 Å². The molecule has 1 aliphatic heterocycles. The molecule has 5 nitrogen and oxygen atoms in total. The Balaban J connectivity index is 1.49. The van der Waals surface area contributed by atoms with Crippen LogP contribution in [0, 0.1) is 5.41 Å². The van der Waals surface area contributed by atoms with E-state index in [1.54, 1.807) is 13.3 Å². The summed E-state index contributed by atoms with van der Waals surface area (Å²) >= 11 is 0. The number of amides is 1. The molecule has 2 aliphatic rings. The van der Waals surface area contributed by atoms with Gasteiger partial charge in [0, 0.05) is 49.2 Å². The van der Waals surface area contributed by atoms with Gasteiger partial charge in [-0.1, -0.05) is 6.07 Å². The fraction of sp³-hybridized carbons (Fsp3) is 0.474. The molecular formula is C19H22N2O3. The van der Waals surface area contributed by atoms with E-state index < -0.39 is 0 Å². The topological polar surface area (TPSA) is 62.7 Å². The van der Waals surface area contributed by atoms with Gasteiger partial charge in [0.05, 0.1) is 17.7 Å². The van der Waals surface area contributed by atoms with Crippen molar-refractivity contribution >= 4 is 16.8 Å². The minimum Gasteiger partial charge on any atom is -0.392 e. The largest absolute Gasteiger partial charge is 0.392 e. The fourth-order valence-corrected chi connectivity index (χ4v) is 4.23. The van der Waals surface area contributed by atoms with Gasteiger partial charge in [0.25, 0.3) is 5.91 Å². The molecule has 24 heavy (non-hydrogen) atoms. The first kappa shape index (κ1) is 15.5. The highest BCUT2D eigenvalue weighted by molar-refractivity contribution is 5.98. The van der Waals surface area contributed by atoms with Gasteiger partial charge in [-0.25, -0.2) is 0 Å². The normalized spacial score (nSPS) is 25.7. The van der Waals surface area contributed by atoms with Crippen LogP contribution in [-0.4, -0.2) is 53.3 Å². The molecule has 1 saturated carbocycles. The average Bonchev–Trinajstić information content (AvgIpc) is 2.65. The van der Waals surface area contributed by atoms with Crippen LogP contribution >= 0.6 is 0 Å². The van der Waals surface area contributed by atoms with E-state index in [-0.39, 0.29) is 23.5 Å². The Bertz CT molecular complexity index is 768. The van der Waals surface area contributed by atoms with Crippen LogP contribution in [0.2, 0.25) is 0 Å². The molecule has 1 aliphatic carbocycles. The van der Waals surface area contributed by atoms with Crippen molar-refractivity contribution in [3.05, 3.63) is 42.1 Å². The molecule has 1 N–H and O–H groups in total. The van der Waals surface area contributed by atoms with E-state index in [9.17, 15) is 9.90 Å². The highest BCUT2D eigenvalue weighted by Gasteiger charge is 2.56. The summed E-state index contributed by atoms with van der Waals surface area (Å²) in [7, 11) is 1.71. The van der Waals surface area contributed by atoms with Gasteiger partial charge in [-0.2, -0.15) is 0 Å². The second-order valence-electron chi connectivity index (χ2n) is 6.91. The summed E-state index contributed by atoms with van der Waals surface area (Å²) in [5.41, 5.74) is 1.44. The zero-order chi connectivity index (χ0) is 16.7. The van der Waals surface area contributed by atoms with Gasteiger partial charge in [0.15, 0.2) is 0 Å². The summed E-state index contributed by atoms with van der Waals surface area (Å²) in [6, 6.07) is 9.50. The number of likely N-dealkylation sites (tertiary alicyclic amines) is 1. The lowest BCUT2D eigenvalue weighted by molar-refractivity contribution is -0.199. The monoisotopic (exact) mass is 326 g/mol. The molecule has 1 aromatic heterocycles. The van der Waals surface area contributed by atoms with Crippen LogP contribution in [0.5, 0.6) is 0 Å². The lowest BCUT2D eigenvalue weighted by Gasteiger charge is -2.56. The quantitative estimate of drug-likeness (QED) is 0.919. The minimum absolute atomic E-state index is 0.0541. The number of methoxy groups -OCH3 is 1. The lowest BCUT2D eigenvalue weighted by atomic mass is 9.58. The zero-order valence-corrected chi connectivity index (χ0v) is 13.8. The molecule has 0 unspecified atom stereocenters. The maximum Gasteiger partial charge on any atom is 0.253 e. The fourth-order valence-electron chi connectivity index (χ4n) is 4.23. The van der Waals surface area contributed by atoms with Crippen LogP contribution in [0.25, 0.3) is 10.9 Å². The molecule has 5 heteroatoms. The number of rotatable bonds is 2. The second kappa shape index (κ2) is 5.83. The maximum absolute atomic E-state index is 12.8. The van der Waals surface area contributed by atoms with Crippen molar-refractivity contribution in [2.75, 3.05) is 20.2 Å². The van der Waals surface area contributed by atoms with Crippen LogP contribution in [0.3, 0.4) is 0 Å². The van der Waals surface area contributed by atoms with Crippen LogP contribution in [0.15, 0.2) is 36.5 Å². The first-order chi connectivity index (χ1) is 11.6. The number of pyridine rings is 1. The third-order valence-corrected chi connectivity index (χ3v) is 5.86. The maximum atomic E-state index is 12.8. The summed E-state index contributed by atoms with van der Waals surface area (Å²) in [5.74, 6) is 0.0541. The van der Waals surface area contributed by atoms with Gasteiger partial charge in [0.2, 0.25) is 0 Å². The van der Waals surface area contributed by atoms with Gasteiger partial charge in [-0.05, 0) is 37.1 Å². The van der Waals surface area contributed by atoms with Crippen molar-refractivity contribution in [3.63, 3.8) is 0 Å². The number of hydrogen-bond donors (Lipinski definition) is 1. The highest BCUT2D eigenvalue weighted by atomic mass is 16.5. The number of carbonyl (C=O) groups excluding carboxylic acids is 1. The van der Waals surface area contributed by atoms with Gasteiger partial charge < -0.3 is 14.7 Å². The van der Waals surface area contributed by atoms with Gasteiger partial charge >= 0.3 is 0 Å². The standard InChI is InChI=1S/C19H22N2O3/c1-24-17-12-16(22)19(17)6-9-21(10-7-19)18(23)14-4-5-15-13(11-14)3-2-8-20-15/h2-5,8,11,16-17,22H,6-7,9-10,12H2,1H3/t16-,17+/m0/s1. The number of ether oxygens (including phenoxy) is 1. The van der Waals surface area contributed by atoms with E-state index in [2.05, 4.69) is 4.98 Å². The first-order valence-corrected chi connectivity index (χ1v) is 8.49. The Labute approximate surface area is 141 Å². The van der Waals surface area contributed by atoms with Crippen LogP contribution in [0.1, 0.15) is 29.6 Å². The second-order valence-corrected chi connectivity index (χ2v) is 6.91. The summed E-state index contributed by atoms with van der Waals surface area (Å²) in [6.07, 6.45) is 3.88. The SMILES string of the molecule is CO[C@@H]1C[C@H](O)C12CCN(C(=O)c1ccc3ncccc3c1)CC2. The van der Waals surface area contributed by atoms with E-state index in [4.69, 9.17) is 4.74 Å². The molecule has 2 aromatic rings. The molecule has 2 heterocycles. The number of aliphatic hydroxyl groups excluding tert-OH is 1. The number of aromatic nitrogens is 1. The van der Waals surface area contributed by atoms with Gasteiger partial charge in [-0.15, -0.1) is 0 Å². The number of hydrogen-bond acceptors (Lipinski definition) is 4. The summed E-state index contributed by atoms with van der Waals surface area (Å²) < 4.78 is 5.51.